The van der Waals surface area contributed by atoms with Crippen molar-refractivity contribution < 1.29 is 10.2 Å². The van der Waals surface area contributed by atoms with Gasteiger partial charge in [-0.15, -0.1) is 0 Å². The van der Waals surface area contributed by atoms with Crippen LogP contribution in [0.4, 0.5) is 11.4 Å². The molecule has 0 unspecified atom stereocenters. The van der Waals surface area contributed by atoms with E-state index in [0.29, 0.717) is 0 Å². The molecule has 1 aromatic heterocycles. The lowest BCUT2D eigenvalue weighted by Crippen LogP contribution is -1.97. The Bertz CT molecular complexity index is 1550. The predicted octanol–water partition coefficient (Wildman–Crippen LogP) is 10.6. The van der Waals surface area contributed by atoms with Crippen molar-refractivity contribution in [1.82, 2.24) is 4.57 Å². The average Bonchev–Trinajstić information content (AvgIpc) is 3.33. The summed E-state index contributed by atoms with van der Waals surface area (Å²) >= 11 is 0. The van der Waals surface area contributed by atoms with Crippen LogP contribution in [0.15, 0.2) is 94.9 Å². The topological polar surface area (TPSA) is 70.1 Å². The number of phenols is 2. The van der Waals surface area contributed by atoms with Crippen molar-refractivity contribution >= 4 is 45.6 Å². The molecular weight excluding hydrogens is 530 g/mol. The average molecular weight is 574 g/mol. The number of aromatic hydroxyl groups is 2. The molecule has 4 aromatic carbocycles. The summed E-state index contributed by atoms with van der Waals surface area (Å²) < 4.78 is 2.45. The number of hydrogen-bond acceptors (Lipinski definition) is 4. The van der Waals surface area contributed by atoms with Gasteiger partial charge >= 0.3 is 0 Å². The van der Waals surface area contributed by atoms with Crippen molar-refractivity contribution in [3.63, 3.8) is 0 Å². The fourth-order valence-electron chi connectivity index (χ4n) is 5.66. The Morgan fingerprint density at radius 3 is 1.40 bits per heavy atom. The third kappa shape index (κ3) is 8.35. The number of rotatable bonds is 15. The van der Waals surface area contributed by atoms with Gasteiger partial charge < -0.3 is 14.8 Å². The van der Waals surface area contributed by atoms with E-state index in [0.717, 1.165) is 35.5 Å². The van der Waals surface area contributed by atoms with Crippen molar-refractivity contribution in [3.05, 3.63) is 96.1 Å². The van der Waals surface area contributed by atoms with Crippen molar-refractivity contribution in [3.8, 4) is 11.5 Å². The molecule has 0 bridgehead atoms. The number of fused-ring (bicyclic) bond motifs is 3. The first-order valence-corrected chi connectivity index (χ1v) is 15.8. The van der Waals surface area contributed by atoms with Gasteiger partial charge in [-0.3, -0.25) is 9.98 Å². The number of aromatic nitrogens is 1. The fourth-order valence-corrected chi connectivity index (χ4v) is 5.66. The molecule has 1 heterocycles. The van der Waals surface area contributed by atoms with Gasteiger partial charge in [-0.2, -0.15) is 0 Å². The van der Waals surface area contributed by atoms with Gasteiger partial charge in [0, 0.05) is 40.8 Å². The Hall–Kier alpha value is -4.38. The summed E-state index contributed by atoms with van der Waals surface area (Å²) in [5, 5.41) is 21.5. The van der Waals surface area contributed by atoms with E-state index in [-0.39, 0.29) is 11.5 Å². The molecule has 0 aliphatic rings. The normalized spacial score (nSPS) is 11.9. The highest BCUT2D eigenvalue weighted by Crippen LogP contribution is 2.35. The van der Waals surface area contributed by atoms with Crippen LogP contribution < -0.4 is 0 Å². The third-order valence-electron chi connectivity index (χ3n) is 8.08. The quantitative estimate of drug-likeness (QED) is 0.0966. The van der Waals surface area contributed by atoms with E-state index in [9.17, 15) is 10.2 Å². The van der Waals surface area contributed by atoms with E-state index >= 15 is 0 Å². The Labute approximate surface area is 255 Å². The van der Waals surface area contributed by atoms with Gasteiger partial charge in [-0.1, -0.05) is 64.7 Å². The summed E-state index contributed by atoms with van der Waals surface area (Å²) in [5.74, 6) is 0.496. The maximum Gasteiger partial charge on any atom is 0.115 e. The maximum absolute atomic E-state index is 9.58. The zero-order valence-corrected chi connectivity index (χ0v) is 25.3. The molecule has 0 atom stereocenters. The molecule has 0 aliphatic carbocycles. The third-order valence-corrected chi connectivity index (χ3v) is 8.08. The van der Waals surface area contributed by atoms with E-state index in [1.807, 2.05) is 36.7 Å². The summed E-state index contributed by atoms with van der Waals surface area (Å²) in [4.78, 5) is 9.48. The number of benzene rings is 4. The molecule has 2 N–H and O–H groups in total. The number of nitrogens with zero attached hydrogens (tertiary/aromatic N) is 3. The zero-order valence-electron chi connectivity index (χ0n) is 25.3. The van der Waals surface area contributed by atoms with Gasteiger partial charge in [-0.25, -0.2) is 0 Å². The zero-order chi connectivity index (χ0) is 29.9. The number of unbranched alkanes of at least 4 members (excludes halogenated alkanes) is 9. The Morgan fingerprint density at radius 1 is 0.535 bits per heavy atom. The van der Waals surface area contributed by atoms with E-state index < -0.39 is 0 Å². The molecule has 0 fully saturated rings. The van der Waals surface area contributed by atoms with Crippen LogP contribution in [0, 0.1) is 0 Å². The number of aryl methyl sites for hydroxylation is 1. The maximum atomic E-state index is 9.58. The second-order valence-electron chi connectivity index (χ2n) is 11.4. The summed E-state index contributed by atoms with van der Waals surface area (Å²) in [7, 11) is 0. The summed E-state index contributed by atoms with van der Waals surface area (Å²) in [6.45, 7) is 3.26. The molecular formula is C38H43N3O2. The Balaban J connectivity index is 1.35. The van der Waals surface area contributed by atoms with Gasteiger partial charge in [0.05, 0.1) is 11.4 Å². The number of aliphatic imine (C=N–C) groups is 2. The van der Waals surface area contributed by atoms with Crippen molar-refractivity contribution in [1.29, 1.82) is 0 Å². The summed E-state index contributed by atoms with van der Waals surface area (Å²) in [5.41, 5.74) is 6.08. The molecule has 5 aromatic rings. The minimum atomic E-state index is 0.248. The lowest BCUT2D eigenvalue weighted by Gasteiger charge is -2.08. The lowest BCUT2D eigenvalue weighted by molar-refractivity contribution is 0.475. The first-order chi connectivity index (χ1) is 21.1. The molecule has 5 rings (SSSR count). The van der Waals surface area contributed by atoms with E-state index in [4.69, 9.17) is 9.98 Å². The minimum Gasteiger partial charge on any atom is -0.508 e. The fraction of sp³-hybridized carbons (Fsp3) is 0.316. The van der Waals surface area contributed by atoms with Gasteiger partial charge in [0.1, 0.15) is 11.5 Å². The minimum absolute atomic E-state index is 0.248. The SMILES string of the molecule is CCCCCCCCCCCCn1c2ccc(N=Cc3ccc(O)cc3)cc2c2cc(N=Cc3ccc(O)cc3)ccc21. The summed E-state index contributed by atoms with van der Waals surface area (Å²) in [6, 6.07) is 27.0. The highest BCUT2D eigenvalue weighted by atomic mass is 16.3. The molecule has 0 aliphatic heterocycles. The van der Waals surface area contributed by atoms with Crippen LogP contribution in [0.5, 0.6) is 11.5 Å². The van der Waals surface area contributed by atoms with Crippen LogP contribution >= 0.6 is 0 Å². The van der Waals surface area contributed by atoms with Crippen molar-refractivity contribution in [2.24, 2.45) is 9.98 Å². The van der Waals surface area contributed by atoms with E-state index in [1.165, 1.54) is 79.6 Å². The highest BCUT2D eigenvalue weighted by Gasteiger charge is 2.12. The van der Waals surface area contributed by atoms with Gasteiger partial charge in [0.2, 0.25) is 0 Å². The van der Waals surface area contributed by atoms with Crippen LogP contribution in [0.25, 0.3) is 21.8 Å². The lowest BCUT2D eigenvalue weighted by atomic mass is 10.1. The van der Waals surface area contributed by atoms with Crippen LogP contribution in [0.1, 0.15) is 82.3 Å². The Morgan fingerprint density at radius 2 is 0.953 bits per heavy atom. The summed E-state index contributed by atoms with van der Waals surface area (Å²) in [6.07, 6.45) is 16.9. The smallest absolute Gasteiger partial charge is 0.115 e. The monoisotopic (exact) mass is 573 g/mol. The van der Waals surface area contributed by atoms with Crippen molar-refractivity contribution in [2.75, 3.05) is 0 Å². The number of hydrogen-bond donors (Lipinski definition) is 2. The highest BCUT2D eigenvalue weighted by molar-refractivity contribution is 6.10. The molecule has 5 heteroatoms. The second kappa shape index (κ2) is 15.2. The van der Waals surface area contributed by atoms with Crippen LogP contribution in [0.3, 0.4) is 0 Å². The van der Waals surface area contributed by atoms with E-state index in [2.05, 4.69) is 47.9 Å². The van der Waals surface area contributed by atoms with Gasteiger partial charge in [-0.05, 0) is 102 Å². The Kier molecular flexibility index (Phi) is 10.6. The van der Waals surface area contributed by atoms with Crippen LogP contribution in [-0.2, 0) is 6.54 Å². The van der Waals surface area contributed by atoms with Crippen LogP contribution in [0.2, 0.25) is 0 Å². The molecule has 0 saturated heterocycles. The van der Waals surface area contributed by atoms with E-state index in [1.54, 1.807) is 24.3 Å². The number of phenolic OH excluding ortho intramolecular Hbond substituents is 2. The molecule has 43 heavy (non-hydrogen) atoms. The second-order valence-corrected chi connectivity index (χ2v) is 11.4. The van der Waals surface area contributed by atoms with Gasteiger partial charge in [0.15, 0.2) is 0 Å². The first-order valence-electron chi connectivity index (χ1n) is 15.8. The molecule has 222 valence electrons. The first kappa shape index (κ1) is 30.1. The molecule has 0 saturated carbocycles. The molecule has 0 spiro atoms. The largest absolute Gasteiger partial charge is 0.508 e. The standard InChI is InChI=1S/C38H43N3O2/c1-2-3-4-5-6-7-8-9-10-11-24-41-37-22-16-31(39-27-29-12-18-33(42)19-13-29)25-35(37)36-26-32(17-23-38(36)41)40-28-30-14-20-34(43)21-15-30/h12-23,25-28,42-43H,2-11,24H2,1H3. The molecule has 0 amide bonds. The van der Waals surface area contributed by atoms with Crippen LogP contribution in [-0.4, -0.2) is 27.2 Å². The molecule has 0 radical (unpaired) electrons. The predicted molar refractivity (Wildman–Crippen MR) is 182 cm³/mol. The van der Waals surface area contributed by atoms with Gasteiger partial charge in [0.25, 0.3) is 0 Å². The van der Waals surface area contributed by atoms with Crippen molar-refractivity contribution in [2.45, 2.75) is 77.7 Å². The molecule has 5 nitrogen and oxygen atoms in total.